The predicted octanol–water partition coefficient (Wildman–Crippen LogP) is 4.79. The molecule has 6 nitrogen and oxygen atoms in total. The van der Waals surface area contributed by atoms with E-state index in [1.54, 1.807) is 29.2 Å². The molecule has 2 aromatic carbocycles. The van der Waals surface area contributed by atoms with Crippen molar-refractivity contribution in [2.24, 2.45) is 0 Å². The van der Waals surface area contributed by atoms with E-state index in [1.165, 1.54) is 3.97 Å². The molecule has 1 aliphatic rings. The zero-order valence-corrected chi connectivity index (χ0v) is 19.4. The molecule has 0 spiro atoms. The van der Waals surface area contributed by atoms with Gasteiger partial charge in [0.1, 0.15) is 5.60 Å². The molecule has 4 rings (SSSR count). The van der Waals surface area contributed by atoms with Gasteiger partial charge in [0, 0.05) is 29.6 Å². The quantitative estimate of drug-likeness (QED) is 0.575. The Labute approximate surface area is 183 Å². The van der Waals surface area contributed by atoms with Crippen molar-refractivity contribution in [3.63, 3.8) is 0 Å². The van der Waals surface area contributed by atoms with Gasteiger partial charge in [0.25, 0.3) is 10.0 Å². The monoisotopic (exact) mass is 440 g/mol. The molecule has 1 amide bonds. The van der Waals surface area contributed by atoms with Gasteiger partial charge in [-0.05, 0) is 58.9 Å². The number of aromatic nitrogens is 1. The lowest BCUT2D eigenvalue weighted by atomic mass is 10.0. The van der Waals surface area contributed by atoms with Crippen LogP contribution >= 0.6 is 0 Å². The van der Waals surface area contributed by atoms with Crippen molar-refractivity contribution < 1.29 is 17.9 Å². The number of fused-ring (bicyclic) bond motifs is 3. The highest BCUT2D eigenvalue weighted by molar-refractivity contribution is 7.90. The van der Waals surface area contributed by atoms with E-state index in [0.717, 1.165) is 27.8 Å². The second-order valence-electron chi connectivity index (χ2n) is 9.18. The standard InChI is InChI=1S/C24H28N2O4S/c1-16-6-9-18(10-7-16)31(28,29)26-21-11-8-17(2)14-19(21)20-15-25(13-12-22(20)26)23(27)30-24(3,4)5/h6-11,14H,12-13,15H2,1-5H3. The van der Waals surface area contributed by atoms with Gasteiger partial charge in [-0.2, -0.15) is 0 Å². The Morgan fingerprint density at radius 3 is 2.29 bits per heavy atom. The summed E-state index contributed by atoms with van der Waals surface area (Å²) in [4.78, 5) is 14.6. The minimum Gasteiger partial charge on any atom is -0.444 e. The Bertz CT molecular complexity index is 1270. The lowest BCUT2D eigenvalue weighted by Gasteiger charge is -2.30. The van der Waals surface area contributed by atoms with Crippen LogP contribution in [-0.2, 0) is 27.7 Å². The Morgan fingerprint density at radius 1 is 1.00 bits per heavy atom. The minimum atomic E-state index is -3.78. The smallest absolute Gasteiger partial charge is 0.410 e. The number of ether oxygens (including phenoxy) is 1. The third-order valence-electron chi connectivity index (χ3n) is 5.47. The van der Waals surface area contributed by atoms with Gasteiger partial charge in [-0.15, -0.1) is 0 Å². The van der Waals surface area contributed by atoms with Crippen molar-refractivity contribution in [2.45, 2.75) is 58.1 Å². The van der Waals surface area contributed by atoms with Gasteiger partial charge in [0.05, 0.1) is 17.0 Å². The largest absolute Gasteiger partial charge is 0.444 e. The molecular weight excluding hydrogens is 412 g/mol. The zero-order chi connectivity index (χ0) is 22.6. The van der Waals surface area contributed by atoms with Crippen LogP contribution < -0.4 is 0 Å². The van der Waals surface area contributed by atoms with Crippen molar-refractivity contribution in [3.8, 4) is 0 Å². The molecule has 3 aromatic rings. The Kier molecular flexibility index (Phi) is 5.12. The molecule has 0 aliphatic carbocycles. The number of hydrogen-bond donors (Lipinski definition) is 0. The molecule has 0 atom stereocenters. The molecule has 0 bridgehead atoms. The highest BCUT2D eigenvalue weighted by atomic mass is 32.2. The van der Waals surface area contributed by atoms with E-state index in [-0.39, 0.29) is 11.0 Å². The molecule has 7 heteroatoms. The molecule has 0 unspecified atom stereocenters. The molecule has 0 saturated heterocycles. The Balaban J connectivity index is 1.85. The molecule has 31 heavy (non-hydrogen) atoms. The summed E-state index contributed by atoms with van der Waals surface area (Å²) >= 11 is 0. The van der Waals surface area contributed by atoms with Crippen LogP contribution in [0.15, 0.2) is 47.4 Å². The first-order chi connectivity index (χ1) is 14.5. The fourth-order valence-electron chi connectivity index (χ4n) is 4.00. The number of nitrogens with zero attached hydrogens (tertiary/aromatic N) is 2. The van der Waals surface area contributed by atoms with Crippen LogP contribution in [-0.4, -0.2) is 35.5 Å². The van der Waals surface area contributed by atoms with Crippen LogP contribution in [0.1, 0.15) is 43.2 Å². The van der Waals surface area contributed by atoms with Crippen LogP contribution in [0.3, 0.4) is 0 Å². The second-order valence-corrected chi connectivity index (χ2v) is 11.0. The summed E-state index contributed by atoms with van der Waals surface area (Å²) in [6.07, 6.45) is 0.0565. The van der Waals surface area contributed by atoms with Crippen molar-refractivity contribution in [1.29, 1.82) is 0 Å². The van der Waals surface area contributed by atoms with E-state index in [4.69, 9.17) is 4.74 Å². The average molecular weight is 441 g/mol. The molecule has 1 aromatic heterocycles. The van der Waals surface area contributed by atoms with Crippen LogP contribution in [0, 0.1) is 13.8 Å². The fraction of sp³-hybridized carbons (Fsp3) is 0.375. The average Bonchev–Trinajstić information content (AvgIpc) is 3.00. The van der Waals surface area contributed by atoms with Crippen molar-refractivity contribution in [1.82, 2.24) is 8.87 Å². The SMILES string of the molecule is Cc1ccc(S(=O)(=O)n2c3c(c4cc(C)ccc42)CN(C(=O)OC(C)(C)C)CC3)cc1. The zero-order valence-electron chi connectivity index (χ0n) is 18.6. The van der Waals surface area contributed by atoms with Crippen molar-refractivity contribution in [3.05, 3.63) is 64.8 Å². The summed E-state index contributed by atoms with van der Waals surface area (Å²) in [6.45, 7) is 10.1. The normalized spacial score (nSPS) is 14.5. The summed E-state index contributed by atoms with van der Waals surface area (Å²) in [5, 5.41) is 0.860. The second kappa shape index (κ2) is 7.41. The minimum absolute atomic E-state index is 0.257. The molecule has 2 heterocycles. The van der Waals surface area contributed by atoms with Gasteiger partial charge >= 0.3 is 6.09 Å². The van der Waals surface area contributed by atoms with Crippen LogP contribution in [0.4, 0.5) is 4.79 Å². The van der Waals surface area contributed by atoms with E-state index in [0.29, 0.717) is 25.0 Å². The van der Waals surface area contributed by atoms with Crippen molar-refractivity contribution >= 4 is 27.0 Å². The fourth-order valence-corrected chi connectivity index (χ4v) is 5.60. The van der Waals surface area contributed by atoms with Gasteiger partial charge < -0.3 is 9.64 Å². The summed E-state index contributed by atoms with van der Waals surface area (Å²) in [6, 6.07) is 12.7. The molecule has 0 radical (unpaired) electrons. The summed E-state index contributed by atoms with van der Waals surface area (Å²) in [5.74, 6) is 0. The maximum absolute atomic E-state index is 13.6. The first-order valence-electron chi connectivity index (χ1n) is 10.4. The number of rotatable bonds is 2. The maximum Gasteiger partial charge on any atom is 0.410 e. The molecular formula is C24H28N2O4S. The molecule has 0 N–H and O–H groups in total. The number of hydrogen-bond acceptors (Lipinski definition) is 4. The lowest BCUT2D eigenvalue weighted by Crippen LogP contribution is -2.40. The van der Waals surface area contributed by atoms with Gasteiger partial charge in [-0.3, -0.25) is 0 Å². The third kappa shape index (κ3) is 3.94. The van der Waals surface area contributed by atoms with E-state index in [2.05, 4.69) is 0 Å². The maximum atomic E-state index is 13.6. The summed E-state index contributed by atoms with van der Waals surface area (Å²) < 4.78 is 34.3. The Hall–Kier alpha value is -2.80. The van der Waals surface area contributed by atoms with Crippen LogP contribution in [0.5, 0.6) is 0 Å². The van der Waals surface area contributed by atoms with Gasteiger partial charge in [-0.1, -0.05) is 29.3 Å². The van der Waals surface area contributed by atoms with Gasteiger partial charge in [-0.25, -0.2) is 17.2 Å². The Morgan fingerprint density at radius 2 is 1.65 bits per heavy atom. The number of carbonyl (C=O) groups excluding carboxylic acids is 1. The topological polar surface area (TPSA) is 68.6 Å². The van der Waals surface area contributed by atoms with E-state index in [9.17, 15) is 13.2 Å². The van der Waals surface area contributed by atoms with Gasteiger partial charge in [0.2, 0.25) is 0 Å². The lowest BCUT2D eigenvalue weighted by molar-refractivity contribution is 0.0224. The number of amides is 1. The molecule has 0 fully saturated rings. The molecule has 0 saturated carbocycles. The summed E-state index contributed by atoms with van der Waals surface area (Å²) in [7, 11) is -3.78. The number of aryl methyl sites for hydroxylation is 2. The highest BCUT2D eigenvalue weighted by Crippen LogP contribution is 2.35. The summed E-state index contributed by atoms with van der Waals surface area (Å²) in [5.41, 5.74) is 3.70. The van der Waals surface area contributed by atoms with E-state index in [1.807, 2.05) is 52.8 Å². The van der Waals surface area contributed by atoms with E-state index >= 15 is 0 Å². The highest BCUT2D eigenvalue weighted by Gasteiger charge is 2.33. The first-order valence-corrected chi connectivity index (χ1v) is 11.8. The molecule has 164 valence electrons. The predicted molar refractivity (Wildman–Crippen MR) is 121 cm³/mol. The number of benzene rings is 2. The van der Waals surface area contributed by atoms with Crippen LogP contribution in [0.25, 0.3) is 10.9 Å². The van der Waals surface area contributed by atoms with Gasteiger partial charge in [0.15, 0.2) is 0 Å². The number of carbonyl (C=O) groups is 1. The third-order valence-corrected chi connectivity index (χ3v) is 7.23. The van der Waals surface area contributed by atoms with E-state index < -0.39 is 15.6 Å². The molecule has 1 aliphatic heterocycles. The van der Waals surface area contributed by atoms with Crippen molar-refractivity contribution in [2.75, 3.05) is 6.54 Å². The first kappa shape index (κ1) is 21.4. The van der Waals surface area contributed by atoms with Crippen LogP contribution in [0.2, 0.25) is 0 Å².